The van der Waals surface area contributed by atoms with Gasteiger partial charge in [-0.15, -0.1) is 0 Å². The third-order valence-electron chi connectivity index (χ3n) is 3.03. The van der Waals surface area contributed by atoms with Gasteiger partial charge in [-0.2, -0.15) is 0 Å². The molecule has 0 saturated heterocycles. The Labute approximate surface area is 93.6 Å². The van der Waals surface area contributed by atoms with Crippen LogP contribution in [0.5, 0.6) is 0 Å². The van der Waals surface area contributed by atoms with Crippen molar-refractivity contribution in [3.63, 3.8) is 0 Å². The van der Waals surface area contributed by atoms with Crippen LogP contribution in [0.2, 0.25) is 23.3 Å². The molecule has 1 saturated carbocycles. The Morgan fingerprint density at radius 2 is 0.714 bits per heavy atom. The normalized spacial score (nSPS) is 41.7. The van der Waals surface area contributed by atoms with Crippen molar-refractivity contribution in [1.82, 2.24) is 0 Å². The molecular formula is C10H16B4. The molecule has 68 valence electrons. The van der Waals surface area contributed by atoms with Gasteiger partial charge in [0.15, 0.2) is 0 Å². The van der Waals surface area contributed by atoms with Gasteiger partial charge in [-0.25, -0.2) is 0 Å². The third kappa shape index (κ3) is 4.66. The van der Waals surface area contributed by atoms with Gasteiger partial charge in [0.25, 0.3) is 0 Å². The fourth-order valence-corrected chi connectivity index (χ4v) is 2.11. The molecule has 0 heterocycles. The first-order valence-corrected chi connectivity index (χ1v) is 5.60. The van der Waals surface area contributed by atoms with Gasteiger partial charge >= 0.3 is 0 Å². The van der Waals surface area contributed by atoms with Crippen LogP contribution in [0.1, 0.15) is 38.5 Å². The molecule has 0 amide bonds. The lowest BCUT2D eigenvalue weighted by Gasteiger charge is -2.25. The first-order chi connectivity index (χ1) is 6.58. The minimum atomic E-state index is 0.213. The molecule has 4 heteroatoms. The van der Waals surface area contributed by atoms with Crippen LogP contribution in [-0.4, -0.2) is 31.4 Å². The Morgan fingerprint density at radius 1 is 0.500 bits per heavy atom. The van der Waals surface area contributed by atoms with Gasteiger partial charge in [-0.3, -0.25) is 0 Å². The molecule has 0 bridgehead atoms. The molecule has 4 atom stereocenters. The van der Waals surface area contributed by atoms with Gasteiger partial charge in [-0.05, 0) is 0 Å². The maximum absolute atomic E-state index is 5.95. The Hall–Kier alpha value is 0.260. The van der Waals surface area contributed by atoms with Crippen molar-refractivity contribution in [3.05, 3.63) is 0 Å². The molecule has 14 heavy (non-hydrogen) atoms. The molecule has 8 radical (unpaired) electrons. The van der Waals surface area contributed by atoms with Crippen LogP contribution in [0.3, 0.4) is 0 Å². The Kier molecular flexibility index (Phi) is 5.26. The zero-order valence-corrected chi connectivity index (χ0v) is 8.86. The van der Waals surface area contributed by atoms with Crippen LogP contribution < -0.4 is 0 Å². The maximum atomic E-state index is 5.95. The molecule has 0 N–H and O–H groups in total. The van der Waals surface area contributed by atoms with E-state index in [-0.39, 0.29) is 23.3 Å². The molecule has 1 rings (SSSR count). The fourth-order valence-electron chi connectivity index (χ4n) is 2.11. The Bertz CT molecular complexity index is 128. The van der Waals surface area contributed by atoms with Crippen LogP contribution in [0.25, 0.3) is 0 Å². The highest BCUT2D eigenvalue weighted by Gasteiger charge is 2.15. The summed E-state index contributed by atoms with van der Waals surface area (Å²) in [7, 11) is 23.8. The van der Waals surface area contributed by atoms with E-state index in [4.69, 9.17) is 31.4 Å². The van der Waals surface area contributed by atoms with Gasteiger partial charge in [0.1, 0.15) is 0 Å². The van der Waals surface area contributed by atoms with E-state index < -0.39 is 0 Å². The van der Waals surface area contributed by atoms with Crippen molar-refractivity contribution in [1.29, 1.82) is 0 Å². The number of rotatable bonds is 0. The van der Waals surface area contributed by atoms with Gasteiger partial charge in [0.05, 0.1) is 31.4 Å². The highest BCUT2D eigenvalue weighted by Crippen LogP contribution is 2.34. The van der Waals surface area contributed by atoms with E-state index in [1.165, 1.54) is 0 Å². The largest absolute Gasteiger partial charge is 0.0778 e. The van der Waals surface area contributed by atoms with E-state index in [0.717, 1.165) is 38.5 Å². The van der Waals surface area contributed by atoms with Gasteiger partial charge in [0, 0.05) is 0 Å². The molecule has 0 spiro atoms. The molecule has 0 aromatic carbocycles. The lowest BCUT2D eigenvalue weighted by Crippen LogP contribution is -2.08. The average molecular weight is 179 g/mol. The first-order valence-electron chi connectivity index (χ1n) is 5.60. The lowest BCUT2D eigenvalue weighted by molar-refractivity contribution is 0.504. The summed E-state index contributed by atoms with van der Waals surface area (Å²) in [4.78, 5) is 0. The molecule has 1 aliphatic carbocycles. The van der Waals surface area contributed by atoms with E-state index >= 15 is 0 Å². The maximum Gasteiger partial charge on any atom is 0.0699 e. The predicted molar refractivity (Wildman–Crippen MR) is 65.7 cm³/mol. The molecule has 1 aliphatic rings. The topological polar surface area (TPSA) is 0 Å². The summed E-state index contributed by atoms with van der Waals surface area (Å²) in [6, 6.07) is 0. The van der Waals surface area contributed by atoms with Crippen molar-refractivity contribution in [2.24, 2.45) is 0 Å². The van der Waals surface area contributed by atoms with Crippen LogP contribution in [0.4, 0.5) is 0 Å². The number of hydrogen-bond donors (Lipinski definition) is 0. The van der Waals surface area contributed by atoms with E-state index in [1.54, 1.807) is 0 Å². The summed E-state index contributed by atoms with van der Waals surface area (Å²) in [6.45, 7) is 0. The van der Waals surface area contributed by atoms with E-state index in [2.05, 4.69) is 0 Å². The molecular weight excluding hydrogens is 163 g/mol. The van der Waals surface area contributed by atoms with Crippen molar-refractivity contribution >= 4 is 31.4 Å². The molecule has 0 aliphatic heterocycles. The molecule has 0 nitrogen and oxygen atoms in total. The second-order valence-electron chi connectivity index (χ2n) is 4.67. The summed E-state index contributed by atoms with van der Waals surface area (Å²) in [5.74, 6) is 0.853. The quantitative estimate of drug-likeness (QED) is 0.500. The van der Waals surface area contributed by atoms with Crippen LogP contribution in [0, 0.1) is 0 Å². The summed E-state index contributed by atoms with van der Waals surface area (Å²) >= 11 is 0. The van der Waals surface area contributed by atoms with Crippen molar-refractivity contribution in [2.75, 3.05) is 0 Å². The van der Waals surface area contributed by atoms with Gasteiger partial charge in [-0.1, -0.05) is 61.8 Å². The van der Waals surface area contributed by atoms with Crippen molar-refractivity contribution in [2.45, 2.75) is 61.8 Å². The third-order valence-corrected chi connectivity index (χ3v) is 3.03. The minimum Gasteiger partial charge on any atom is -0.0778 e. The minimum absolute atomic E-state index is 0.213. The highest BCUT2D eigenvalue weighted by molar-refractivity contribution is 6.16. The summed E-state index contributed by atoms with van der Waals surface area (Å²) in [5, 5.41) is 0. The first kappa shape index (κ1) is 12.3. The lowest BCUT2D eigenvalue weighted by atomic mass is 9.62. The molecule has 4 unspecified atom stereocenters. The zero-order valence-electron chi connectivity index (χ0n) is 8.86. The van der Waals surface area contributed by atoms with Crippen molar-refractivity contribution in [3.8, 4) is 0 Å². The monoisotopic (exact) mass is 180 g/mol. The second-order valence-corrected chi connectivity index (χ2v) is 4.67. The molecule has 0 aromatic heterocycles. The number of hydrogen-bond acceptors (Lipinski definition) is 0. The van der Waals surface area contributed by atoms with Crippen LogP contribution in [0.15, 0.2) is 0 Å². The van der Waals surface area contributed by atoms with E-state index in [9.17, 15) is 0 Å². The Morgan fingerprint density at radius 3 is 0.929 bits per heavy atom. The molecule has 0 aromatic rings. The SMILES string of the molecule is [B]C1CCC([B])CC([B])CCC([B])C1. The summed E-state index contributed by atoms with van der Waals surface area (Å²) < 4.78 is 0. The summed E-state index contributed by atoms with van der Waals surface area (Å²) in [5.41, 5.74) is 0. The van der Waals surface area contributed by atoms with Gasteiger partial charge < -0.3 is 0 Å². The summed E-state index contributed by atoms with van der Waals surface area (Å²) in [6.07, 6.45) is 5.70. The highest BCUT2D eigenvalue weighted by atomic mass is 14.1. The van der Waals surface area contributed by atoms with Crippen LogP contribution >= 0.6 is 0 Å². The fraction of sp³-hybridized carbons (Fsp3) is 1.00. The Balaban J connectivity index is 2.42. The standard InChI is InChI=1S/C10H16B4/c11-7-1-2-8(12)6-10(14)4-3-9(13)5-7/h7-10H,1-6H2. The van der Waals surface area contributed by atoms with E-state index in [0.29, 0.717) is 0 Å². The van der Waals surface area contributed by atoms with E-state index in [1.807, 2.05) is 0 Å². The van der Waals surface area contributed by atoms with Crippen LogP contribution in [-0.2, 0) is 0 Å². The zero-order chi connectivity index (χ0) is 10.6. The predicted octanol–water partition coefficient (Wildman–Crippen LogP) is 2.17. The average Bonchev–Trinajstić information content (AvgIpc) is 2.11. The molecule has 1 fully saturated rings. The van der Waals surface area contributed by atoms with Gasteiger partial charge in [0.2, 0.25) is 0 Å². The van der Waals surface area contributed by atoms with Crippen molar-refractivity contribution < 1.29 is 0 Å². The smallest absolute Gasteiger partial charge is 0.0699 e. The second kappa shape index (κ2) is 5.98.